The highest BCUT2D eigenvalue weighted by Crippen LogP contribution is 2.26. The standard InChI is InChI=1S/C33H37N3O3S/c1-39-32-17-19-33(20-18-32)40(37,38)36(25-28-6-5-21-34-22-28)24-27-11-15-30(16-12-27)29-13-9-26(10-14-29)23-35-31-7-3-2-4-8-31/h5-6,9-22,31,35H,2-4,7-8,23-25H2,1H3. The van der Waals surface area contributed by atoms with Crippen LogP contribution in [-0.2, 0) is 29.7 Å². The summed E-state index contributed by atoms with van der Waals surface area (Å²) in [5.41, 5.74) is 5.28. The highest BCUT2D eigenvalue weighted by Gasteiger charge is 2.25. The van der Waals surface area contributed by atoms with Crippen LogP contribution in [0.25, 0.3) is 11.1 Å². The van der Waals surface area contributed by atoms with E-state index in [1.54, 1.807) is 43.8 Å². The van der Waals surface area contributed by atoms with Gasteiger partial charge in [0.15, 0.2) is 0 Å². The smallest absolute Gasteiger partial charge is 0.243 e. The van der Waals surface area contributed by atoms with Gasteiger partial charge in [-0.05, 0) is 71.0 Å². The molecule has 1 N–H and O–H groups in total. The first-order valence-electron chi connectivity index (χ1n) is 14.0. The summed E-state index contributed by atoms with van der Waals surface area (Å²) in [6.45, 7) is 1.37. The second kappa shape index (κ2) is 13.2. The molecule has 40 heavy (non-hydrogen) atoms. The molecule has 208 valence electrons. The topological polar surface area (TPSA) is 71.5 Å². The van der Waals surface area contributed by atoms with Crippen LogP contribution < -0.4 is 10.1 Å². The Balaban J connectivity index is 1.29. The minimum Gasteiger partial charge on any atom is -0.497 e. The van der Waals surface area contributed by atoms with E-state index in [2.05, 4.69) is 46.7 Å². The number of nitrogens with zero attached hydrogens (tertiary/aromatic N) is 2. The van der Waals surface area contributed by atoms with Gasteiger partial charge in [-0.25, -0.2) is 8.42 Å². The Bertz CT molecular complexity index is 1450. The van der Waals surface area contributed by atoms with Crippen LogP contribution in [0.3, 0.4) is 0 Å². The number of sulfonamides is 1. The van der Waals surface area contributed by atoms with Crippen LogP contribution in [0.4, 0.5) is 0 Å². The van der Waals surface area contributed by atoms with Crippen molar-refractivity contribution in [3.05, 3.63) is 114 Å². The van der Waals surface area contributed by atoms with Crippen molar-refractivity contribution in [3.8, 4) is 16.9 Å². The van der Waals surface area contributed by atoms with Crippen LogP contribution in [0.1, 0.15) is 48.8 Å². The van der Waals surface area contributed by atoms with Crippen molar-refractivity contribution in [2.75, 3.05) is 7.11 Å². The Labute approximate surface area is 238 Å². The third kappa shape index (κ3) is 7.16. The summed E-state index contributed by atoms with van der Waals surface area (Å²) < 4.78 is 34.0. The molecule has 7 heteroatoms. The molecule has 1 aromatic heterocycles. The molecule has 1 heterocycles. The number of methoxy groups -OCH3 is 1. The normalized spacial score (nSPS) is 14.3. The first-order valence-corrected chi connectivity index (χ1v) is 15.4. The molecule has 1 saturated carbocycles. The number of hydrogen-bond acceptors (Lipinski definition) is 5. The van der Waals surface area contributed by atoms with E-state index in [0.29, 0.717) is 11.8 Å². The van der Waals surface area contributed by atoms with E-state index < -0.39 is 10.0 Å². The quantitative estimate of drug-likeness (QED) is 0.227. The van der Waals surface area contributed by atoms with Crippen molar-refractivity contribution < 1.29 is 13.2 Å². The van der Waals surface area contributed by atoms with Crippen molar-refractivity contribution in [3.63, 3.8) is 0 Å². The molecule has 1 aliphatic carbocycles. The van der Waals surface area contributed by atoms with Gasteiger partial charge < -0.3 is 10.1 Å². The van der Waals surface area contributed by atoms with Crippen molar-refractivity contribution in [2.45, 2.75) is 62.7 Å². The molecule has 0 unspecified atom stereocenters. The Morgan fingerprint density at radius 1 is 0.800 bits per heavy atom. The Morgan fingerprint density at radius 3 is 2.02 bits per heavy atom. The molecule has 0 saturated heterocycles. The second-order valence-corrected chi connectivity index (χ2v) is 12.4. The van der Waals surface area contributed by atoms with E-state index >= 15 is 0 Å². The SMILES string of the molecule is COc1ccc(S(=O)(=O)N(Cc2ccc(-c3ccc(CNC4CCCCC4)cc3)cc2)Cc2cccnc2)cc1. The highest BCUT2D eigenvalue weighted by atomic mass is 32.2. The van der Waals surface area contributed by atoms with E-state index in [1.807, 2.05) is 24.3 Å². The lowest BCUT2D eigenvalue weighted by atomic mass is 9.95. The van der Waals surface area contributed by atoms with E-state index in [-0.39, 0.29) is 18.0 Å². The minimum atomic E-state index is -3.76. The van der Waals surface area contributed by atoms with Gasteiger partial charge in [0.05, 0.1) is 12.0 Å². The van der Waals surface area contributed by atoms with Gasteiger partial charge in [-0.3, -0.25) is 4.98 Å². The number of rotatable bonds is 11. The molecule has 3 aromatic carbocycles. The molecule has 0 spiro atoms. The predicted molar refractivity (Wildman–Crippen MR) is 159 cm³/mol. The van der Waals surface area contributed by atoms with Crippen LogP contribution in [-0.4, -0.2) is 30.9 Å². The van der Waals surface area contributed by atoms with E-state index in [1.165, 1.54) is 42.0 Å². The molecule has 5 rings (SSSR count). The van der Waals surface area contributed by atoms with Gasteiger partial charge >= 0.3 is 0 Å². The summed E-state index contributed by atoms with van der Waals surface area (Å²) in [7, 11) is -2.20. The Hall–Kier alpha value is -3.52. The number of aromatic nitrogens is 1. The van der Waals surface area contributed by atoms with Gasteiger partial charge in [0.1, 0.15) is 5.75 Å². The molecular weight excluding hydrogens is 518 g/mol. The van der Waals surface area contributed by atoms with Crippen LogP contribution in [0, 0.1) is 0 Å². The first kappa shape index (κ1) is 28.0. The molecule has 4 aromatic rings. The lowest BCUT2D eigenvalue weighted by molar-refractivity contribution is 0.372. The molecule has 0 bridgehead atoms. The van der Waals surface area contributed by atoms with Crippen molar-refractivity contribution in [1.29, 1.82) is 0 Å². The second-order valence-electron chi connectivity index (χ2n) is 10.4. The lowest BCUT2D eigenvalue weighted by Gasteiger charge is -2.23. The monoisotopic (exact) mass is 555 g/mol. The van der Waals surface area contributed by atoms with Crippen molar-refractivity contribution >= 4 is 10.0 Å². The van der Waals surface area contributed by atoms with Crippen LogP contribution in [0.5, 0.6) is 5.75 Å². The van der Waals surface area contributed by atoms with E-state index in [9.17, 15) is 8.42 Å². The number of ether oxygens (including phenoxy) is 1. The summed E-state index contributed by atoms with van der Waals surface area (Å²) in [5, 5.41) is 3.71. The van der Waals surface area contributed by atoms with Crippen LogP contribution in [0.2, 0.25) is 0 Å². The molecule has 6 nitrogen and oxygen atoms in total. The molecule has 0 amide bonds. The minimum absolute atomic E-state index is 0.223. The van der Waals surface area contributed by atoms with Crippen molar-refractivity contribution in [1.82, 2.24) is 14.6 Å². The highest BCUT2D eigenvalue weighted by molar-refractivity contribution is 7.89. The van der Waals surface area contributed by atoms with Crippen LogP contribution in [0.15, 0.2) is 102 Å². The average Bonchev–Trinajstić information content (AvgIpc) is 3.01. The van der Waals surface area contributed by atoms with Gasteiger partial charge in [0.25, 0.3) is 0 Å². The van der Waals surface area contributed by atoms with E-state index in [0.717, 1.165) is 28.8 Å². The fraction of sp³-hybridized carbons (Fsp3) is 0.303. The molecule has 0 aliphatic heterocycles. The molecule has 0 radical (unpaired) electrons. The third-order valence-electron chi connectivity index (χ3n) is 7.58. The number of hydrogen-bond donors (Lipinski definition) is 1. The third-order valence-corrected chi connectivity index (χ3v) is 9.39. The maximum Gasteiger partial charge on any atom is 0.243 e. The average molecular weight is 556 g/mol. The molecule has 0 atom stereocenters. The van der Waals surface area contributed by atoms with Gasteiger partial charge in [0, 0.05) is 38.1 Å². The fourth-order valence-corrected chi connectivity index (χ4v) is 6.62. The maximum atomic E-state index is 13.7. The summed E-state index contributed by atoms with van der Waals surface area (Å²) >= 11 is 0. The summed E-state index contributed by atoms with van der Waals surface area (Å²) in [6.07, 6.45) is 9.99. The van der Waals surface area contributed by atoms with Gasteiger partial charge in [0.2, 0.25) is 10.0 Å². The van der Waals surface area contributed by atoms with Crippen LogP contribution >= 0.6 is 0 Å². The van der Waals surface area contributed by atoms with Gasteiger partial charge in [-0.2, -0.15) is 4.31 Å². The fourth-order valence-electron chi connectivity index (χ4n) is 5.21. The van der Waals surface area contributed by atoms with Gasteiger partial charge in [-0.15, -0.1) is 0 Å². The zero-order valence-corrected chi connectivity index (χ0v) is 23.8. The maximum absolute atomic E-state index is 13.7. The molecule has 1 fully saturated rings. The van der Waals surface area contributed by atoms with Crippen molar-refractivity contribution in [2.24, 2.45) is 0 Å². The zero-order chi connectivity index (χ0) is 27.8. The Kier molecular flexibility index (Phi) is 9.26. The summed E-state index contributed by atoms with van der Waals surface area (Å²) in [6, 6.07) is 27.7. The molecule has 1 aliphatic rings. The first-order chi connectivity index (χ1) is 19.5. The molecular formula is C33H37N3O3S. The number of pyridine rings is 1. The summed E-state index contributed by atoms with van der Waals surface area (Å²) in [5.74, 6) is 0.613. The Morgan fingerprint density at radius 2 is 1.43 bits per heavy atom. The predicted octanol–water partition coefficient (Wildman–Crippen LogP) is 6.57. The number of benzene rings is 3. The largest absolute Gasteiger partial charge is 0.497 e. The van der Waals surface area contributed by atoms with Gasteiger partial charge in [-0.1, -0.05) is 73.9 Å². The zero-order valence-electron chi connectivity index (χ0n) is 23.0. The lowest BCUT2D eigenvalue weighted by Crippen LogP contribution is -2.30. The van der Waals surface area contributed by atoms with E-state index in [4.69, 9.17) is 4.74 Å². The number of nitrogens with one attached hydrogen (secondary N) is 1. The summed E-state index contributed by atoms with van der Waals surface area (Å²) in [4.78, 5) is 4.40.